The van der Waals surface area contributed by atoms with Crippen molar-refractivity contribution in [2.24, 2.45) is 5.41 Å². The lowest BCUT2D eigenvalue weighted by Crippen LogP contribution is -2.38. The molecule has 1 heterocycles. The highest BCUT2D eigenvalue weighted by Crippen LogP contribution is 2.54. The third-order valence-electron chi connectivity index (χ3n) is 8.97. The summed E-state index contributed by atoms with van der Waals surface area (Å²) in [6.07, 6.45) is 6.45. The molecule has 0 fully saturated rings. The zero-order chi connectivity index (χ0) is 41.8. The molecule has 4 atom stereocenters. The number of benzene rings is 2. The van der Waals surface area contributed by atoms with Gasteiger partial charge in [0.1, 0.15) is 12.2 Å². The molecular formula is C43H46NO12P. The highest BCUT2D eigenvalue weighted by Gasteiger charge is 2.47. The number of carbonyl (C=O) groups excluding carboxylic acids is 4. The molecule has 2 aliphatic rings. The Labute approximate surface area is 332 Å². The number of aliphatic hydroxyl groups excluding tert-OH is 1. The van der Waals surface area contributed by atoms with Gasteiger partial charge in [0, 0.05) is 0 Å². The maximum absolute atomic E-state index is 14.1. The van der Waals surface area contributed by atoms with E-state index in [0.717, 1.165) is 16.7 Å². The van der Waals surface area contributed by atoms with Crippen molar-refractivity contribution >= 4 is 31.5 Å². The fourth-order valence-electron chi connectivity index (χ4n) is 5.77. The lowest BCUT2D eigenvalue weighted by Gasteiger charge is -2.37. The molecule has 14 heteroatoms. The molecule has 1 aliphatic heterocycles. The van der Waals surface area contributed by atoms with E-state index in [1.807, 2.05) is 77.1 Å². The minimum Gasteiger partial charge on any atom is -0.445 e. The fourth-order valence-corrected chi connectivity index (χ4v) is 7.10. The van der Waals surface area contributed by atoms with E-state index >= 15 is 0 Å². The number of Topliss-reactive ketones (excluding diaryl/α,β-unsaturated/α-hetero) is 1. The number of ether oxygens (including phenoxy) is 3. The Morgan fingerprint density at radius 3 is 2.19 bits per heavy atom. The summed E-state index contributed by atoms with van der Waals surface area (Å²) in [6, 6.07) is 17.2. The first-order valence-corrected chi connectivity index (χ1v) is 19.6. The van der Waals surface area contributed by atoms with Crippen LogP contribution in [0.5, 0.6) is 0 Å². The number of phosphoric acid groups is 1. The molecule has 2 aromatic rings. The first kappa shape index (κ1) is 44.2. The van der Waals surface area contributed by atoms with E-state index in [0.29, 0.717) is 5.57 Å². The monoisotopic (exact) mass is 799 g/mol. The second-order valence-electron chi connectivity index (χ2n) is 13.8. The topological polar surface area (TPSA) is 185 Å². The summed E-state index contributed by atoms with van der Waals surface area (Å²) in [5.74, 6) is -5.10. The van der Waals surface area contributed by atoms with Crippen molar-refractivity contribution in [1.82, 2.24) is 0 Å². The first-order chi connectivity index (χ1) is 27.1. The Morgan fingerprint density at radius 2 is 1.60 bits per heavy atom. The van der Waals surface area contributed by atoms with Crippen LogP contribution in [0.4, 0.5) is 0 Å². The largest absolute Gasteiger partial charge is 0.475 e. The highest BCUT2D eigenvalue weighted by molar-refractivity contribution is 7.48. The second kappa shape index (κ2) is 20.1. The van der Waals surface area contributed by atoms with Crippen LogP contribution in [0.25, 0.3) is 0 Å². The van der Waals surface area contributed by atoms with Crippen molar-refractivity contribution in [2.45, 2.75) is 72.7 Å². The van der Waals surface area contributed by atoms with Crippen molar-refractivity contribution in [2.75, 3.05) is 13.2 Å². The van der Waals surface area contributed by atoms with Crippen LogP contribution in [0.1, 0.15) is 75.1 Å². The molecule has 4 rings (SSSR count). The molecule has 1 N–H and O–H groups in total. The lowest BCUT2D eigenvalue weighted by molar-refractivity contribution is -0.148. The molecule has 0 radical (unpaired) electrons. The smallest absolute Gasteiger partial charge is 0.445 e. The summed E-state index contributed by atoms with van der Waals surface area (Å²) >= 11 is 0. The molecule has 0 amide bonds. The van der Waals surface area contributed by atoms with Gasteiger partial charge in [-0.05, 0) is 74.9 Å². The van der Waals surface area contributed by atoms with Gasteiger partial charge in [-0.1, -0.05) is 97.8 Å². The summed E-state index contributed by atoms with van der Waals surface area (Å²) in [5, 5.41) is 20.4. The van der Waals surface area contributed by atoms with Gasteiger partial charge < -0.3 is 19.3 Å². The van der Waals surface area contributed by atoms with E-state index in [4.69, 9.17) is 33.0 Å². The predicted octanol–water partition coefficient (Wildman–Crippen LogP) is 7.98. The average Bonchev–Trinajstić information content (AvgIpc) is 3.49. The zero-order valence-corrected chi connectivity index (χ0v) is 33.5. The second-order valence-corrected chi connectivity index (χ2v) is 15.4. The SMILES string of the molecule is CC=C(C)C=CC=C(C)C=CC1=C(C)C(=O)C(OP(=O)(OCCC#N)OC[C@H](O)[C@H]2OC(=O)C(OC(=O)c3ccccc3)=C2OC(=O)c2ccccc2)CC1(C)C. The van der Waals surface area contributed by atoms with Crippen molar-refractivity contribution in [3.05, 3.63) is 142 Å². The molecule has 1 aliphatic carbocycles. The predicted molar refractivity (Wildman–Crippen MR) is 209 cm³/mol. The Bertz CT molecular complexity index is 2100. The van der Waals surface area contributed by atoms with Gasteiger partial charge in [0.2, 0.25) is 5.76 Å². The number of rotatable bonds is 17. The summed E-state index contributed by atoms with van der Waals surface area (Å²) in [6.45, 7) is 9.99. The molecule has 0 saturated heterocycles. The molecule has 0 spiro atoms. The van der Waals surface area contributed by atoms with Gasteiger partial charge in [-0.2, -0.15) is 5.26 Å². The Balaban J connectivity index is 1.57. The number of aliphatic hydroxyl groups is 1. The Hall–Kier alpha value is -5.48. The van der Waals surface area contributed by atoms with E-state index in [-0.39, 0.29) is 24.0 Å². The first-order valence-electron chi connectivity index (χ1n) is 18.1. The van der Waals surface area contributed by atoms with E-state index in [1.54, 1.807) is 43.3 Å². The summed E-state index contributed by atoms with van der Waals surface area (Å²) in [5.41, 5.74) is 2.66. The van der Waals surface area contributed by atoms with Crippen molar-refractivity contribution in [3.63, 3.8) is 0 Å². The third kappa shape index (κ3) is 12.0. The molecule has 0 bridgehead atoms. The summed E-state index contributed by atoms with van der Waals surface area (Å²) in [4.78, 5) is 52.8. The number of esters is 3. The maximum Gasteiger partial charge on any atom is 0.475 e. The number of ketones is 1. The van der Waals surface area contributed by atoms with Crippen LogP contribution >= 0.6 is 7.82 Å². The number of nitriles is 1. The van der Waals surface area contributed by atoms with Crippen LogP contribution in [0, 0.1) is 16.7 Å². The number of nitrogens with zero attached hydrogens (tertiary/aromatic N) is 1. The van der Waals surface area contributed by atoms with Crippen molar-refractivity contribution in [1.29, 1.82) is 5.26 Å². The highest BCUT2D eigenvalue weighted by atomic mass is 31.2. The van der Waals surface area contributed by atoms with Crippen LogP contribution in [0.2, 0.25) is 0 Å². The fraction of sp³-hybridized carbons (Fsp3) is 0.326. The number of hydrogen-bond acceptors (Lipinski definition) is 13. The number of phosphoric ester groups is 1. The molecule has 13 nitrogen and oxygen atoms in total. The molecule has 2 unspecified atom stereocenters. The van der Waals surface area contributed by atoms with Gasteiger partial charge in [0.05, 0.1) is 36.8 Å². The number of carbonyl (C=O) groups is 4. The quantitative estimate of drug-likeness (QED) is 0.0535. The number of allylic oxidation sites excluding steroid dienone is 9. The molecule has 300 valence electrons. The van der Waals surface area contributed by atoms with Gasteiger partial charge in [0.25, 0.3) is 5.76 Å². The van der Waals surface area contributed by atoms with Gasteiger partial charge in [-0.3, -0.25) is 18.4 Å². The standard InChI is InChI=1S/C43H46NO12P/c1-7-28(2)16-14-17-29(3)22-23-33-30(4)36(46)35(26-43(33,5)6)56-57(50,51-25-15-24-44)52-27-34(45)37-38(54-40(47)31-18-10-8-11-19-31)39(42(49)53-37)55-41(48)32-20-12-9-13-21-32/h7-14,16-23,34-35,37,45H,15,25-27H2,1-6H3/t34-,35?,37+,57?/m0/s1. The van der Waals surface area contributed by atoms with E-state index in [2.05, 4.69) is 0 Å². The average molecular weight is 800 g/mol. The number of hydrogen-bond donors (Lipinski definition) is 1. The maximum atomic E-state index is 14.1. The molecule has 2 aromatic carbocycles. The lowest BCUT2D eigenvalue weighted by atomic mass is 9.71. The van der Waals surface area contributed by atoms with Crippen LogP contribution in [-0.2, 0) is 41.9 Å². The Morgan fingerprint density at radius 1 is 0.982 bits per heavy atom. The van der Waals surface area contributed by atoms with E-state index in [1.165, 1.54) is 24.3 Å². The van der Waals surface area contributed by atoms with Crippen LogP contribution in [-0.4, -0.2) is 60.3 Å². The zero-order valence-electron chi connectivity index (χ0n) is 32.6. The minimum atomic E-state index is -4.74. The van der Waals surface area contributed by atoms with Crippen molar-refractivity contribution < 1.29 is 56.6 Å². The van der Waals surface area contributed by atoms with Crippen molar-refractivity contribution in [3.8, 4) is 6.07 Å². The van der Waals surface area contributed by atoms with Crippen LogP contribution in [0.15, 0.2) is 131 Å². The Kier molecular flexibility index (Phi) is 15.6. The number of cyclic esters (lactones) is 1. The molecular weight excluding hydrogens is 753 g/mol. The van der Waals surface area contributed by atoms with Crippen LogP contribution in [0.3, 0.4) is 0 Å². The van der Waals surface area contributed by atoms with E-state index < -0.39 is 80.0 Å². The minimum absolute atomic E-state index is 0.0633. The molecule has 57 heavy (non-hydrogen) atoms. The normalized spacial score (nSPS) is 20.4. The van der Waals surface area contributed by atoms with Gasteiger partial charge in [0.15, 0.2) is 11.9 Å². The van der Waals surface area contributed by atoms with E-state index in [9.17, 15) is 28.8 Å². The van der Waals surface area contributed by atoms with Gasteiger partial charge in [-0.15, -0.1) is 0 Å². The third-order valence-corrected chi connectivity index (χ3v) is 10.4. The summed E-state index contributed by atoms with van der Waals surface area (Å²) < 4.78 is 46.9. The van der Waals surface area contributed by atoms with Crippen LogP contribution < -0.4 is 0 Å². The summed E-state index contributed by atoms with van der Waals surface area (Å²) in [7, 11) is -4.74. The molecule has 0 aromatic heterocycles. The van der Waals surface area contributed by atoms with Gasteiger partial charge >= 0.3 is 25.7 Å². The molecule has 0 saturated carbocycles. The van der Waals surface area contributed by atoms with Gasteiger partial charge in [-0.25, -0.2) is 18.9 Å².